The highest BCUT2D eigenvalue weighted by atomic mass is 19.4. The number of ether oxygens (including phenoxy) is 2. The van der Waals surface area contributed by atoms with Crippen molar-refractivity contribution in [1.82, 2.24) is 4.98 Å². The van der Waals surface area contributed by atoms with Gasteiger partial charge in [-0.1, -0.05) is 0 Å². The van der Waals surface area contributed by atoms with Gasteiger partial charge in [-0.15, -0.1) is 0 Å². The van der Waals surface area contributed by atoms with Crippen LogP contribution >= 0.6 is 0 Å². The van der Waals surface area contributed by atoms with E-state index in [1.54, 1.807) is 0 Å². The lowest BCUT2D eigenvalue weighted by Gasteiger charge is -2.20. The standard InChI is InChI=1S/C14H18F3NO5/c1-5-22-12(21)10-9(14(15,16)17)8(7(6-19)18-10)11(20)23-13(2,3)4/h18-19H,5-6H2,1-4H3. The zero-order chi connectivity index (χ0) is 18.0. The zero-order valence-electron chi connectivity index (χ0n) is 13.1. The van der Waals surface area contributed by atoms with Gasteiger partial charge in [-0.3, -0.25) is 0 Å². The van der Waals surface area contributed by atoms with Crippen molar-refractivity contribution in [2.75, 3.05) is 6.61 Å². The molecule has 0 amide bonds. The van der Waals surface area contributed by atoms with Gasteiger partial charge in [0, 0.05) is 0 Å². The van der Waals surface area contributed by atoms with Crippen molar-refractivity contribution in [2.24, 2.45) is 0 Å². The van der Waals surface area contributed by atoms with Gasteiger partial charge in [-0.05, 0) is 27.7 Å². The summed E-state index contributed by atoms with van der Waals surface area (Å²) in [4.78, 5) is 25.9. The molecule has 1 heterocycles. The first-order valence-electron chi connectivity index (χ1n) is 6.75. The van der Waals surface area contributed by atoms with E-state index in [2.05, 4.69) is 9.72 Å². The first kappa shape index (κ1) is 19.0. The fourth-order valence-corrected chi connectivity index (χ4v) is 1.86. The molecule has 1 aromatic rings. The van der Waals surface area contributed by atoms with Crippen LogP contribution in [0.3, 0.4) is 0 Å². The van der Waals surface area contributed by atoms with E-state index in [1.165, 1.54) is 27.7 Å². The number of halogens is 3. The van der Waals surface area contributed by atoms with Crippen molar-refractivity contribution in [3.8, 4) is 0 Å². The number of hydrogen-bond donors (Lipinski definition) is 2. The Kier molecular flexibility index (Phi) is 5.47. The SMILES string of the molecule is CCOC(=O)c1[nH]c(CO)c(C(=O)OC(C)(C)C)c1C(F)(F)F. The summed E-state index contributed by atoms with van der Waals surface area (Å²) in [5, 5.41) is 9.22. The minimum atomic E-state index is -5.02. The van der Waals surface area contributed by atoms with E-state index in [9.17, 15) is 27.9 Å². The Morgan fingerprint density at radius 1 is 1.17 bits per heavy atom. The molecule has 2 N–H and O–H groups in total. The highest BCUT2D eigenvalue weighted by Gasteiger charge is 2.44. The van der Waals surface area contributed by atoms with Gasteiger partial charge >= 0.3 is 18.1 Å². The molecule has 0 saturated carbocycles. The van der Waals surface area contributed by atoms with Crippen LogP contribution in [-0.4, -0.2) is 34.2 Å². The maximum absolute atomic E-state index is 13.3. The number of carbonyl (C=O) groups is 2. The number of rotatable bonds is 4. The highest BCUT2D eigenvalue weighted by Crippen LogP contribution is 2.37. The minimum absolute atomic E-state index is 0.147. The van der Waals surface area contributed by atoms with E-state index in [0.717, 1.165) is 0 Å². The molecule has 6 nitrogen and oxygen atoms in total. The van der Waals surface area contributed by atoms with Crippen LogP contribution in [0.15, 0.2) is 0 Å². The van der Waals surface area contributed by atoms with E-state index < -0.39 is 52.8 Å². The van der Waals surface area contributed by atoms with Crippen LogP contribution in [-0.2, 0) is 22.3 Å². The first-order chi connectivity index (χ1) is 10.4. The van der Waals surface area contributed by atoms with E-state index in [0.29, 0.717) is 0 Å². The number of esters is 2. The predicted octanol–water partition coefficient (Wildman–Crippen LogP) is 2.66. The molecule has 0 saturated heterocycles. The molecular formula is C14H18F3NO5. The van der Waals surface area contributed by atoms with Gasteiger partial charge in [0.05, 0.1) is 24.5 Å². The second-order valence-electron chi connectivity index (χ2n) is 5.61. The summed E-state index contributed by atoms with van der Waals surface area (Å²) in [5.41, 5.74) is -4.88. The Morgan fingerprint density at radius 2 is 1.74 bits per heavy atom. The van der Waals surface area contributed by atoms with Gasteiger partial charge in [-0.25, -0.2) is 9.59 Å². The molecule has 9 heteroatoms. The summed E-state index contributed by atoms with van der Waals surface area (Å²) >= 11 is 0. The van der Waals surface area contributed by atoms with E-state index in [4.69, 9.17) is 4.74 Å². The Balaban J connectivity index is 3.54. The third-order valence-electron chi connectivity index (χ3n) is 2.60. The van der Waals surface area contributed by atoms with Gasteiger partial charge in [-0.2, -0.15) is 13.2 Å². The lowest BCUT2D eigenvalue weighted by atomic mass is 10.1. The van der Waals surface area contributed by atoms with Crippen LogP contribution in [0.1, 0.15) is 59.8 Å². The third kappa shape index (κ3) is 4.47. The topological polar surface area (TPSA) is 88.6 Å². The van der Waals surface area contributed by atoms with Gasteiger partial charge in [0.2, 0.25) is 0 Å². The largest absolute Gasteiger partial charge is 0.461 e. The van der Waals surface area contributed by atoms with Crippen molar-refractivity contribution < 1.29 is 37.3 Å². The average molecular weight is 337 g/mol. The molecule has 1 aromatic heterocycles. The van der Waals surface area contributed by atoms with Crippen LogP contribution in [0.5, 0.6) is 0 Å². The number of aromatic nitrogens is 1. The molecule has 0 spiro atoms. The summed E-state index contributed by atoms with van der Waals surface area (Å²) in [6.45, 7) is 4.82. The van der Waals surface area contributed by atoms with Gasteiger partial charge in [0.1, 0.15) is 16.9 Å². The molecule has 1 rings (SSSR count). The number of aliphatic hydroxyl groups is 1. The highest BCUT2D eigenvalue weighted by molar-refractivity contribution is 5.99. The van der Waals surface area contributed by atoms with Crippen LogP contribution in [0.25, 0.3) is 0 Å². The Hall–Kier alpha value is -2.03. The molecule has 0 aliphatic carbocycles. The Morgan fingerprint density at radius 3 is 2.13 bits per heavy atom. The van der Waals surface area contributed by atoms with Crippen LogP contribution in [0.2, 0.25) is 0 Å². The minimum Gasteiger partial charge on any atom is -0.461 e. The fraction of sp³-hybridized carbons (Fsp3) is 0.571. The quantitative estimate of drug-likeness (QED) is 0.825. The first-order valence-corrected chi connectivity index (χ1v) is 6.75. The lowest BCUT2D eigenvalue weighted by molar-refractivity contribution is -0.138. The molecule has 0 fully saturated rings. The number of hydrogen-bond acceptors (Lipinski definition) is 5. The van der Waals surface area contributed by atoms with Crippen molar-refractivity contribution in [1.29, 1.82) is 0 Å². The molecule has 0 radical (unpaired) electrons. The molecule has 0 bridgehead atoms. The summed E-state index contributed by atoms with van der Waals surface area (Å²) < 4.78 is 49.5. The van der Waals surface area contributed by atoms with Crippen LogP contribution in [0, 0.1) is 0 Å². The second-order valence-corrected chi connectivity index (χ2v) is 5.61. The van der Waals surface area contributed by atoms with Gasteiger partial charge < -0.3 is 19.6 Å². The molecule has 0 aliphatic heterocycles. The Labute approximate surface area is 130 Å². The number of carbonyl (C=O) groups excluding carboxylic acids is 2. The number of nitrogens with one attached hydrogen (secondary N) is 1. The van der Waals surface area contributed by atoms with Crippen molar-refractivity contribution in [3.63, 3.8) is 0 Å². The monoisotopic (exact) mass is 337 g/mol. The molecule has 0 atom stereocenters. The van der Waals surface area contributed by atoms with Crippen molar-refractivity contribution in [2.45, 2.75) is 46.1 Å². The molecule has 0 aromatic carbocycles. The van der Waals surface area contributed by atoms with Crippen molar-refractivity contribution >= 4 is 11.9 Å². The summed E-state index contributed by atoms with van der Waals surface area (Å²) in [7, 11) is 0. The Bertz CT molecular complexity index is 599. The number of aliphatic hydroxyl groups excluding tert-OH is 1. The van der Waals surface area contributed by atoms with Gasteiger partial charge in [0.15, 0.2) is 0 Å². The zero-order valence-corrected chi connectivity index (χ0v) is 13.1. The predicted molar refractivity (Wildman–Crippen MR) is 72.8 cm³/mol. The van der Waals surface area contributed by atoms with Crippen LogP contribution in [0.4, 0.5) is 13.2 Å². The van der Waals surface area contributed by atoms with Crippen LogP contribution < -0.4 is 0 Å². The summed E-state index contributed by atoms with van der Waals surface area (Å²) in [6.07, 6.45) is -5.02. The number of H-pyrrole nitrogens is 1. The summed E-state index contributed by atoms with van der Waals surface area (Å²) in [5.74, 6) is -2.56. The molecule has 23 heavy (non-hydrogen) atoms. The number of aromatic amines is 1. The van der Waals surface area contributed by atoms with Crippen molar-refractivity contribution in [3.05, 3.63) is 22.5 Å². The fourth-order valence-electron chi connectivity index (χ4n) is 1.86. The normalized spacial score (nSPS) is 12.2. The molecular weight excluding hydrogens is 319 g/mol. The number of alkyl halides is 3. The van der Waals surface area contributed by atoms with E-state index in [-0.39, 0.29) is 6.61 Å². The third-order valence-corrected chi connectivity index (χ3v) is 2.60. The maximum atomic E-state index is 13.3. The average Bonchev–Trinajstić information content (AvgIpc) is 2.76. The second kappa shape index (κ2) is 6.61. The smallest absolute Gasteiger partial charge is 0.419 e. The maximum Gasteiger partial charge on any atom is 0.419 e. The lowest BCUT2D eigenvalue weighted by Crippen LogP contribution is -2.26. The molecule has 130 valence electrons. The van der Waals surface area contributed by atoms with Gasteiger partial charge in [0.25, 0.3) is 0 Å². The molecule has 0 unspecified atom stereocenters. The van der Waals surface area contributed by atoms with E-state index in [1.807, 2.05) is 0 Å². The van der Waals surface area contributed by atoms with E-state index >= 15 is 0 Å². The molecule has 0 aliphatic rings. The summed E-state index contributed by atoms with van der Waals surface area (Å²) in [6, 6.07) is 0.